The lowest BCUT2D eigenvalue weighted by molar-refractivity contribution is -0.139. The molecule has 1 aromatic rings. The highest BCUT2D eigenvalue weighted by Gasteiger charge is 2.37. The summed E-state index contributed by atoms with van der Waals surface area (Å²) < 4.78 is 6.10. The number of carbonyl (C=O) groups excluding carboxylic acids is 1. The van der Waals surface area contributed by atoms with Crippen molar-refractivity contribution in [2.75, 3.05) is 6.61 Å². The largest absolute Gasteiger partial charge is 0.478 e. The number of aliphatic carboxylic acids is 1. The highest BCUT2D eigenvalue weighted by molar-refractivity contribution is 14.1. The molecule has 6 nitrogen and oxygen atoms in total. The van der Waals surface area contributed by atoms with E-state index in [4.69, 9.17) is 10.00 Å². The third-order valence-corrected chi connectivity index (χ3v) is 4.51. The lowest BCUT2D eigenvalue weighted by Gasteiger charge is -2.29. The Bertz CT molecular complexity index is 821. The fourth-order valence-corrected chi connectivity index (χ4v) is 3.40. The number of benzene rings is 1. The Morgan fingerprint density at radius 1 is 1.32 bits per heavy atom. The first-order valence-electron chi connectivity index (χ1n) is 7.58. The van der Waals surface area contributed by atoms with Crippen molar-refractivity contribution in [3.8, 4) is 6.07 Å². The van der Waals surface area contributed by atoms with Crippen LogP contribution in [0.4, 0.5) is 0 Å². The van der Waals surface area contributed by atoms with Crippen molar-refractivity contribution in [3.63, 3.8) is 0 Å². The quantitative estimate of drug-likeness (QED) is 0.405. The Morgan fingerprint density at radius 3 is 2.60 bits per heavy atom. The molecule has 1 heterocycles. The number of hydrogen-bond acceptors (Lipinski definition) is 5. The average molecular weight is 452 g/mol. The molecule has 2 N–H and O–H groups in total. The van der Waals surface area contributed by atoms with Gasteiger partial charge < -0.3 is 15.2 Å². The standard InChI is InChI=1S/C18H17IN2O4/c1-10-14(17(22)23)16(12-5-3-6-13(19)9-12)15(11(2)21-10)18(24)25-8-4-7-20/h3,5-6,9,16,21H,4,8H2,1-2H3,(H,22,23). The van der Waals surface area contributed by atoms with Crippen molar-refractivity contribution in [2.45, 2.75) is 26.2 Å². The van der Waals surface area contributed by atoms with Gasteiger partial charge in [0.1, 0.15) is 6.61 Å². The smallest absolute Gasteiger partial charge is 0.336 e. The zero-order chi connectivity index (χ0) is 18.6. The van der Waals surface area contributed by atoms with Crippen LogP contribution in [0.25, 0.3) is 0 Å². The summed E-state index contributed by atoms with van der Waals surface area (Å²) in [6.07, 6.45) is 0.0834. The number of halogens is 1. The van der Waals surface area contributed by atoms with Crippen LogP contribution in [0.5, 0.6) is 0 Å². The van der Waals surface area contributed by atoms with Crippen LogP contribution in [0.3, 0.4) is 0 Å². The fourth-order valence-electron chi connectivity index (χ4n) is 2.83. The predicted molar refractivity (Wildman–Crippen MR) is 99.3 cm³/mol. The molecule has 0 saturated heterocycles. The maximum atomic E-state index is 12.6. The van der Waals surface area contributed by atoms with Gasteiger partial charge in [-0.25, -0.2) is 9.59 Å². The van der Waals surface area contributed by atoms with Crippen LogP contribution in [-0.2, 0) is 14.3 Å². The van der Waals surface area contributed by atoms with Crippen LogP contribution in [0, 0.1) is 14.9 Å². The van der Waals surface area contributed by atoms with Crippen LogP contribution in [-0.4, -0.2) is 23.7 Å². The molecule has 0 aromatic heterocycles. The first kappa shape index (κ1) is 19.0. The molecule has 0 saturated carbocycles. The number of nitrogens with one attached hydrogen (secondary N) is 1. The van der Waals surface area contributed by atoms with Gasteiger partial charge in [-0.15, -0.1) is 0 Å². The number of carbonyl (C=O) groups is 2. The molecule has 1 aliphatic heterocycles. The minimum atomic E-state index is -1.09. The summed E-state index contributed by atoms with van der Waals surface area (Å²) in [4.78, 5) is 24.4. The molecule has 0 fully saturated rings. The molecule has 1 atom stereocenters. The van der Waals surface area contributed by atoms with Gasteiger partial charge in [0.05, 0.1) is 29.6 Å². The monoisotopic (exact) mass is 452 g/mol. The molecule has 0 spiro atoms. The van der Waals surface area contributed by atoms with Gasteiger partial charge in [-0.2, -0.15) is 5.26 Å². The molecule has 0 bridgehead atoms. The number of nitriles is 1. The van der Waals surface area contributed by atoms with E-state index in [0.29, 0.717) is 17.0 Å². The molecule has 25 heavy (non-hydrogen) atoms. The zero-order valence-corrected chi connectivity index (χ0v) is 16.0. The van der Waals surface area contributed by atoms with Crippen LogP contribution >= 0.6 is 22.6 Å². The van der Waals surface area contributed by atoms with Gasteiger partial charge in [0.2, 0.25) is 0 Å². The molecule has 1 aromatic carbocycles. The van der Waals surface area contributed by atoms with Gasteiger partial charge in [0, 0.05) is 15.0 Å². The van der Waals surface area contributed by atoms with Crippen molar-refractivity contribution in [1.29, 1.82) is 5.26 Å². The topological polar surface area (TPSA) is 99.4 Å². The zero-order valence-electron chi connectivity index (χ0n) is 13.8. The van der Waals surface area contributed by atoms with Crippen LogP contribution in [0.1, 0.15) is 31.7 Å². The van der Waals surface area contributed by atoms with Crippen molar-refractivity contribution < 1.29 is 19.4 Å². The van der Waals surface area contributed by atoms with Gasteiger partial charge in [-0.05, 0) is 54.1 Å². The molecule has 7 heteroatoms. The third kappa shape index (κ3) is 4.20. The highest BCUT2D eigenvalue weighted by Crippen LogP contribution is 2.39. The lowest BCUT2D eigenvalue weighted by Crippen LogP contribution is -2.32. The molecule has 2 rings (SSSR count). The molecular formula is C18H17IN2O4. The molecule has 130 valence electrons. The van der Waals surface area contributed by atoms with E-state index in [1.54, 1.807) is 19.9 Å². The van der Waals surface area contributed by atoms with E-state index in [-0.39, 0.29) is 24.2 Å². The molecule has 0 amide bonds. The second-order valence-electron chi connectivity index (χ2n) is 5.54. The summed E-state index contributed by atoms with van der Waals surface area (Å²) in [5, 5.41) is 21.2. The van der Waals surface area contributed by atoms with Gasteiger partial charge in [-0.3, -0.25) is 0 Å². The number of carboxylic acid groups (broad SMARTS) is 1. The first-order valence-corrected chi connectivity index (χ1v) is 8.66. The van der Waals surface area contributed by atoms with E-state index < -0.39 is 17.9 Å². The van der Waals surface area contributed by atoms with E-state index >= 15 is 0 Å². The predicted octanol–water partition coefficient (Wildman–Crippen LogP) is 3.07. The summed E-state index contributed by atoms with van der Waals surface area (Å²) in [7, 11) is 0. The Kier molecular flexibility index (Phi) is 6.20. The Morgan fingerprint density at radius 2 is 2.00 bits per heavy atom. The number of rotatable bonds is 5. The summed E-state index contributed by atoms with van der Waals surface area (Å²) in [5.74, 6) is -2.44. The van der Waals surface area contributed by atoms with Crippen LogP contribution in [0.15, 0.2) is 46.8 Å². The molecule has 1 aliphatic rings. The van der Waals surface area contributed by atoms with Crippen LogP contribution < -0.4 is 5.32 Å². The molecule has 0 radical (unpaired) electrons. The number of ether oxygens (including phenoxy) is 1. The number of dihydropyridines is 1. The minimum Gasteiger partial charge on any atom is -0.478 e. The number of esters is 1. The number of nitrogens with zero attached hydrogens (tertiary/aromatic N) is 1. The second-order valence-corrected chi connectivity index (χ2v) is 6.79. The van der Waals surface area contributed by atoms with E-state index in [9.17, 15) is 14.7 Å². The third-order valence-electron chi connectivity index (χ3n) is 3.84. The number of carboxylic acids is 1. The lowest BCUT2D eigenvalue weighted by atomic mass is 9.80. The first-order chi connectivity index (χ1) is 11.9. The summed E-state index contributed by atoms with van der Waals surface area (Å²) in [6.45, 7) is 3.35. The normalized spacial score (nSPS) is 17.0. The van der Waals surface area contributed by atoms with Crippen molar-refractivity contribution in [1.82, 2.24) is 5.32 Å². The molecule has 1 unspecified atom stereocenters. The minimum absolute atomic E-state index is 0.0315. The Labute approximate surface area is 159 Å². The highest BCUT2D eigenvalue weighted by atomic mass is 127. The summed E-state index contributed by atoms with van der Waals surface area (Å²) in [6, 6.07) is 9.27. The van der Waals surface area contributed by atoms with Crippen molar-refractivity contribution >= 4 is 34.5 Å². The number of hydrogen-bond donors (Lipinski definition) is 2. The Balaban J connectivity index is 2.54. The van der Waals surface area contributed by atoms with E-state index in [2.05, 4.69) is 27.9 Å². The van der Waals surface area contributed by atoms with E-state index in [1.165, 1.54) is 0 Å². The van der Waals surface area contributed by atoms with Crippen molar-refractivity contribution in [3.05, 3.63) is 55.9 Å². The van der Waals surface area contributed by atoms with Crippen LogP contribution in [0.2, 0.25) is 0 Å². The average Bonchev–Trinajstić information content (AvgIpc) is 2.53. The van der Waals surface area contributed by atoms with Gasteiger partial charge in [0.25, 0.3) is 0 Å². The van der Waals surface area contributed by atoms with E-state index in [1.807, 2.05) is 24.3 Å². The maximum Gasteiger partial charge on any atom is 0.336 e. The fraction of sp³-hybridized carbons (Fsp3) is 0.278. The van der Waals surface area contributed by atoms with Gasteiger partial charge >= 0.3 is 11.9 Å². The van der Waals surface area contributed by atoms with Gasteiger partial charge in [-0.1, -0.05) is 12.1 Å². The molecule has 0 aliphatic carbocycles. The maximum absolute atomic E-state index is 12.6. The second kappa shape index (κ2) is 8.16. The summed E-state index contributed by atoms with van der Waals surface area (Å²) >= 11 is 2.14. The Hall–Kier alpha value is -2.34. The van der Waals surface area contributed by atoms with Gasteiger partial charge in [0.15, 0.2) is 0 Å². The molecular weight excluding hydrogens is 435 g/mol. The number of allylic oxidation sites excluding steroid dienone is 2. The van der Waals surface area contributed by atoms with Crippen molar-refractivity contribution in [2.24, 2.45) is 0 Å². The summed E-state index contributed by atoms with van der Waals surface area (Å²) in [5.41, 5.74) is 2.11. The SMILES string of the molecule is CC1=C(C(=O)O)C(c2cccc(I)c2)C(C(=O)OCCC#N)=C(C)N1. The van der Waals surface area contributed by atoms with E-state index in [0.717, 1.165) is 3.57 Å².